The van der Waals surface area contributed by atoms with Crippen molar-refractivity contribution >= 4 is 17.5 Å². The van der Waals surface area contributed by atoms with Crippen LogP contribution in [0.15, 0.2) is 66.7 Å². The van der Waals surface area contributed by atoms with Crippen LogP contribution in [0.5, 0.6) is 5.75 Å². The Bertz CT molecular complexity index is 1200. The first-order chi connectivity index (χ1) is 16.5. The zero-order valence-electron chi connectivity index (χ0n) is 18.8. The number of methoxy groups -OCH3 is 2. The summed E-state index contributed by atoms with van der Waals surface area (Å²) in [5.74, 6) is -3.15. The molecule has 3 aromatic carbocycles. The van der Waals surface area contributed by atoms with Gasteiger partial charge in [-0.3, -0.25) is 9.59 Å². The molecule has 0 bridgehead atoms. The Kier molecular flexibility index (Phi) is 6.88. The van der Waals surface area contributed by atoms with Gasteiger partial charge in [-0.1, -0.05) is 30.3 Å². The monoisotopic (exact) mass is 466 g/mol. The van der Waals surface area contributed by atoms with Crippen molar-refractivity contribution in [2.75, 3.05) is 32.7 Å². The largest absolute Gasteiger partial charge is 0.497 e. The predicted molar refractivity (Wildman–Crippen MR) is 123 cm³/mol. The van der Waals surface area contributed by atoms with Gasteiger partial charge in [-0.2, -0.15) is 0 Å². The fraction of sp³-hybridized carbons (Fsp3) is 0.231. The number of hydrogen-bond donors (Lipinski definition) is 1. The van der Waals surface area contributed by atoms with Crippen molar-refractivity contribution in [2.24, 2.45) is 0 Å². The Morgan fingerprint density at radius 3 is 2.41 bits per heavy atom. The highest BCUT2D eigenvalue weighted by atomic mass is 19.1. The van der Waals surface area contributed by atoms with E-state index in [1.54, 1.807) is 48.5 Å². The Hall–Kier alpha value is -3.78. The van der Waals surface area contributed by atoms with Crippen molar-refractivity contribution in [3.05, 3.63) is 95.1 Å². The Morgan fingerprint density at radius 1 is 1.00 bits per heavy atom. The molecular formula is C26H24F2N2O4. The highest BCUT2D eigenvalue weighted by Gasteiger charge is 2.46. The van der Waals surface area contributed by atoms with E-state index in [0.29, 0.717) is 22.6 Å². The minimum absolute atomic E-state index is 0.0467. The van der Waals surface area contributed by atoms with Gasteiger partial charge in [0.15, 0.2) is 0 Å². The molecule has 0 aliphatic carbocycles. The minimum atomic E-state index is -1.22. The molecule has 2 amide bonds. The zero-order chi connectivity index (χ0) is 24.2. The second kappa shape index (κ2) is 10.0. The second-order valence-electron chi connectivity index (χ2n) is 7.86. The first-order valence-electron chi connectivity index (χ1n) is 10.7. The van der Waals surface area contributed by atoms with Gasteiger partial charge in [0.05, 0.1) is 25.7 Å². The number of nitrogens with one attached hydrogen (secondary N) is 1. The molecule has 8 heteroatoms. The van der Waals surface area contributed by atoms with E-state index in [0.717, 1.165) is 12.1 Å². The van der Waals surface area contributed by atoms with Crippen LogP contribution in [0.4, 0.5) is 14.5 Å². The summed E-state index contributed by atoms with van der Waals surface area (Å²) in [4.78, 5) is 28.4. The van der Waals surface area contributed by atoms with E-state index in [4.69, 9.17) is 9.47 Å². The fourth-order valence-corrected chi connectivity index (χ4v) is 4.35. The third-order valence-electron chi connectivity index (χ3n) is 5.89. The van der Waals surface area contributed by atoms with Gasteiger partial charge in [0.1, 0.15) is 17.4 Å². The maximum atomic E-state index is 15.0. The van der Waals surface area contributed by atoms with Crippen LogP contribution < -0.4 is 10.1 Å². The number of hydrogen-bond acceptors (Lipinski definition) is 4. The first-order valence-corrected chi connectivity index (χ1v) is 10.7. The molecule has 176 valence electrons. The Labute approximate surface area is 196 Å². The number of fused-ring (bicyclic) bond motifs is 1. The quantitative estimate of drug-likeness (QED) is 0.555. The number of nitrogens with zero attached hydrogens (tertiary/aromatic N) is 1. The van der Waals surface area contributed by atoms with Gasteiger partial charge in [-0.25, -0.2) is 8.78 Å². The smallest absolute Gasteiger partial charge is 0.254 e. The maximum Gasteiger partial charge on any atom is 0.254 e. The summed E-state index contributed by atoms with van der Waals surface area (Å²) in [5, 5.41) is 2.82. The summed E-state index contributed by atoms with van der Waals surface area (Å²) in [6.07, 6.45) is 0. The van der Waals surface area contributed by atoms with Crippen molar-refractivity contribution < 1.29 is 27.8 Å². The lowest BCUT2D eigenvalue weighted by Crippen LogP contribution is -2.47. The molecular weight excluding hydrogens is 442 g/mol. The topological polar surface area (TPSA) is 67.9 Å². The third kappa shape index (κ3) is 4.36. The molecule has 1 heterocycles. The molecule has 0 saturated carbocycles. The van der Waals surface area contributed by atoms with E-state index >= 15 is 8.78 Å². The number of halogens is 2. The number of ether oxygens (including phenoxy) is 2. The van der Waals surface area contributed by atoms with E-state index in [1.807, 2.05) is 0 Å². The molecule has 0 saturated heterocycles. The van der Waals surface area contributed by atoms with Crippen LogP contribution in [0, 0.1) is 11.6 Å². The number of rotatable bonds is 7. The number of benzene rings is 3. The summed E-state index contributed by atoms with van der Waals surface area (Å²) in [6.45, 7) is 0.176. The first kappa shape index (κ1) is 23.4. The van der Waals surface area contributed by atoms with Gasteiger partial charge in [0, 0.05) is 36.5 Å². The van der Waals surface area contributed by atoms with Gasteiger partial charge >= 0.3 is 0 Å². The molecule has 4 rings (SSSR count). The molecule has 0 fully saturated rings. The van der Waals surface area contributed by atoms with Crippen LogP contribution >= 0.6 is 0 Å². The van der Waals surface area contributed by atoms with Crippen molar-refractivity contribution in [2.45, 2.75) is 12.0 Å². The summed E-state index contributed by atoms with van der Waals surface area (Å²) in [6, 6.07) is 15.7. The van der Waals surface area contributed by atoms with E-state index in [1.165, 1.54) is 25.2 Å². The van der Waals surface area contributed by atoms with Crippen molar-refractivity contribution in [1.29, 1.82) is 0 Å². The van der Waals surface area contributed by atoms with E-state index in [-0.39, 0.29) is 18.7 Å². The molecule has 0 spiro atoms. The lowest BCUT2D eigenvalue weighted by atomic mass is 9.78. The molecule has 1 aliphatic rings. The molecule has 3 aromatic rings. The molecule has 34 heavy (non-hydrogen) atoms. The van der Waals surface area contributed by atoms with Crippen LogP contribution in [0.25, 0.3) is 0 Å². The van der Waals surface area contributed by atoms with Crippen LogP contribution in [0.1, 0.15) is 33.4 Å². The average molecular weight is 466 g/mol. The van der Waals surface area contributed by atoms with Gasteiger partial charge in [-0.05, 0) is 35.9 Å². The summed E-state index contributed by atoms with van der Waals surface area (Å²) >= 11 is 0. The standard InChI is InChI=1S/C26H24F2N2O4/c1-33-14-13-30-24(23-20(27)11-6-12-21(23)28)22(18-9-3-4-10-19(18)26(30)32)25(31)29-16-7-5-8-17(15-16)34-2/h3-12,15,22,24H,13-14H2,1-2H3,(H,29,31). The van der Waals surface area contributed by atoms with Crippen molar-refractivity contribution in [3.63, 3.8) is 0 Å². The Balaban J connectivity index is 1.87. The van der Waals surface area contributed by atoms with E-state index < -0.39 is 35.4 Å². The fourth-order valence-electron chi connectivity index (χ4n) is 4.35. The maximum absolute atomic E-state index is 15.0. The highest BCUT2D eigenvalue weighted by molar-refractivity contribution is 6.04. The predicted octanol–water partition coefficient (Wildman–Crippen LogP) is 4.54. The SMILES string of the molecule is COCCN1C(=O)c2ccccc2C(C(=O)Nc2cccc(OC)c2)C1c1c(F)cccc1F. The van der Waals surface area contributed by atoms with Gasteiger partial charge in [0.25, 0.3) is 5.91 Å². The summed E-state index contributed by atoms with van der Waals surface area (Å²) in [5.41, 5.74) is 0.814. The zero-order valence-corrected chi connectivity index (χ0v) is 18.8. The lowest BCUT2D eigenvalue weighted by Gasteiger charge is -2.41. The second-order valence-corrected chi connectivity index (χ2v) is 7.86. The van der Waals surface area contributed by atoms with Crippen LogP contribution in [-0.4, -0.2) is 44.1 Å². The summed E-state index contributed by atoms with van der Waals surface area (Å²) in [7, 11) is 2.97. The van der Waals surface area contributed by atoms with Gasteiger partial charge < -0.3 is 19.7 Å². The number of carbonyl (C=O) groups excluding carboxylic acids is 2. The third-order valence-corrected chi connectivity index (χ3v) is 5.89. The number of anilines is 1. The van der Waals surface area contributed by atoms with E-state index in [2.05, 4.69) is 5.32 Å². The van der Waals surface area contributed by atoms with Gasteiger partial charge in [-0.15, -0.1) is 0 Å². The Morgan fingerprint density at radius 2 is 1.71 bits per heavy atom. The highest BCUT2D eigenvalue weighted by Crippen LogP contribution is 2.44. The van der Waals surface area contributed by atoms with Gasteiger partial charge in [0.2, 0.25) is 5.91 Å². The molecule has 0 radical (unpaired) electrons. The number of carbonyl (C=O) groups is 2. The molecule has 2 unspecified atom stereocenters. The number of amides is 2. The van der Waals surface area contributed by atoms with Crippen LogP contribution in [0.3, 0.4) is 0 Å². The molecule has 2 atom stereocenters. The normalized spacial score (nSPS) is 17.3. The van der Waals surface area contributed by atoms with Crippen LogP contribution in [-0.2, 0) is 9.53 Å². The van der Waals surface area contributed by atoms with Crippen molar-refractivity contribution in [3.8, 4) is 5.75 Å². The van der Waals surface area contributed by atoms with Crippen molar-refractivity contribution in [1.82, 2.24) is 4.90 Å². The molecule has 6 nitrogen and oxygen atoms in total. The van der Waals surface area contributed by atoms with E-state index in [9.17, 15) is 9.59 Å². The minimum Gasteiger partial charge on any atom is -0.497 e. The molecule has 1 N–H and O–H groups in total. The van der Waals surface area contributed by atoms with Crippen LogP contribution in [0.2, 0.25) is 0 Å². The lowest BCUT2D eigenvalue weighted by molar-refractivity contribution is -0.119. The molecule has 0 aromatic heterocycles. The molecule has 1 aliphatic heterocycles. The summed E-state index contributed by atoms with van der Waals surface area (Å²) < 4.78 is 40.4. The average Bonchev–Trinajstić information content (AvgIpc) is 2.84.